The van der Waals surface area contributed by atoms with Gasteiger partial charge in [-0.2, -0.15) is 5.10 Å². The van der Waals surface area contributed by atoms with Crippen molar-refractivity contribution >= 4 is 27.5 Å². The van der Waals surface area contributed by atoms with E-state index in [1.807, 2.05) is 45.2 Å². The molecular weight excluding hydrogens is 306 g/mol. The molecule has 0 saturated carbocycles. The summed E-state index contributed by atoms with van der Waals surface area (Å²) in [7, 11) is 1.87. The standard InChI is InChI=1S/C14H16BrN3O/c1-9-14(10(2)18(3)17-9)16-13(19)8-11-4-6-12(15)7-5-11/h4-7H,8H2,1-3H3,(H,16,19). The number of hydrogen-bond donors (Lipinski definition) is 1. The maximum atomic E-state index is 12.0. The first-order chi connectivity index (χ1) is 8.97. The summed E-state index contributed by atoms with van der Waals surface area (Å²) in [5.41, 5.74) is 3.59. The molecule has 0 aliphatic carbocycles. The highest BCUT2D eigenvalue weighted by molar-refractivity contribution is 9.10. The lowest BCUT2D eigenvalue weighted by Gasteiger charge is -2.06. The molecule has 1 N–H and O–H groups in total. The van der Waals surface area contributed by atoms with Crippen LogP contribution in [0.1, 0.15) is 17.0 Å². The highest BCUT2D eigenvalue weighted by atomic mass is 79.9. The molecule has 1 aromatic heterocycles. The molecule has 100 valence electrons. The highest BCUT2D eigenvalue weighted by Gasteiger charge is 2.12. The minimum atomic E-state index is -0.0264. The molecule has 1 aromatic carbocycles. The Bertz CT molecular complexity index is 602. The first kappa shape index (κ1) is 13.8. The van der Waals surface area contributed by atoms with Crippen molar-refractivity contribution in [2.45, 2.75) is 20.3 Å². The Morgan fingerprint density at radius 3 is 2.47 bits per heavy atom. The average Bonchev–Trinajstić information content (AvgIpc) is 2.59. The van der Waals surface area contributed by atoms with Crippen molar-refractivity contribution in [3.8, 4) is 0 Å². The van der Waals surface area contributed by atoms with Crippen LogP contribution in [0.15, 0.2) is 28.7 Å². The van der Waals surface area contributed by atoms with Crippen molar-refractivity contribution in [3.63, 3.8) is 0 Å². The van der Waals surface area contributed by atoms with Crippen LogP contribution in [-0.4, -0.2) is 15.7 Å². The van der Waals surface area contributed by atoms with E-state index in [9.17, 15) is 4.79 Å². The van der Waals surface area contributed by atoms with Crippen molar-refractivity contribution in [2.75, 3.05) is 5.32 Å². The maximum Gasteiger partial charge on any atom is 0.228 e. The van der Waals surface area contributed by atoms with Crippen LogP contribution in [0.3, 0.4) is 0 Å². The lowest BCUT2D eigenvalue weighted by Crippen LogP contribution is -2.15. The van der Waals surface area contributed by atoms with Gasteiger partial charge in [-0.3, -0.25) is 9.48 Å². The molecule has 1 amide bonds. The molecule has 0 fully saturated rings. The van der Waals surface area contributed by atoms with Gasteiger partial charge < -0.3 is 5.32 Å². The Balaban J connectivity index is 2.07. The van der Waals surface area contributed by atoms with Gasteiger partial charge in [0.15, 0.2) is 0 Å². The largest absolute Gasteiger partial charge is 0.323 e. The molecule has 0 radical (unpaired) electrons. The van der Waals surface area contributed by atoms with Crippen molar-refractivity contribution in [2.24, 2.45) is 7.05 Å². The molecule has 0 bridgehead atoms. The van der Waals surface area contributed by atoms with Crippen molar-refractivity contribution in [1.29, 1.82) is 0 Å². The molecule has 19 heavy (non-hydrogen) atoms. The topological polar surface area (TPSA) is 46.9 Å². The van der Waals surface area contributed by atoms with Gasteiger partial charge in [0.1, 0.15) is 0 Å². The fraction of sp³-hybridized carbons (Fsp3) is 0.286. The lowest BCUT2D eigenvalue weighted by molar-refractivity contribution is -0.115. The summed E-state index contributed by atoms with van der Waals surface area (Å²) in [6.07, 6.45) is 0.362. The van der Waals surface area contributed by atoms with E-state index in [0.717, 1.165) is 27.1 Å². The predicted molar refractivity (Wildman–Crippen MR) is 79.2 cm³/mol. The molecule has 4 nitrogen and oxygen atoms in total. The Labute approximate surface area is 120 Å². The van der Waals surface area contributed by atoms with Crippen LogP contribution in [0.25, 0.3) is 0 Å². The second-order valence-electron chi connectivity index (χ2n) is 4.52. The number of halogens is 1. The van der Waals surface area contributed by atoms with Crippen LogP contribution in [0.4, 0.5) is 5.69 Å². The summed E-state index contributed by atoms with van der Waals surface area (Å²) < 4.78 is 2.78. The smallest absolute Gasteiger partial charge is 0.228 e. The van der Waals surface area contributed by atoms with Gasteiger partial charge in [-0.05, 0) is 31.5 Å². The highest BCUT2D eigenvalue weighted by Crippen LogP contribution is 2.19. The van der Waals surface area contributed by atoms with E-state index >= 15 is 0 Å². The number of carbonyl (C=O) groups is 1. The van der Waals surface area contributed by atoms with Gasteiger partial charge in [0.2, 0.25) is 5.91 Å². The van der Waals surface area contributed by atoms with E-state index in [-0.39, 0.29) is 5.91 Å². The second kappa shape index (κ2) is 5.57. The van der Waals surface area contributed by atoms with Crippen LogP contribution in [-0.2, 0) is 18.3 Å². The summed E-state index contributed by atoms with van der Waals surface area (Å²) in [5, 5.41) is 7.21. The monoisotopic (exact) mass is 321 g/mol. The molecular formula is C14H16BrN3O. The zero-order valence-corrected chi connectivity index (χ0v) is 12.8. The van der Waals surface area contributed by atoms with Crippen LogP contribution in [0.2, 0.25) is 0 Å². The molecule has 0 aliphatic heterocycles. The van der Waals surface area contributed by atoms with Gasteiger partial charge in [-0.25, -0.2) is 0 Å². The Hall–Kier alpha value is -1.62. The number of benzene rings is 1. The van der Waals surface area contributed by atoms with E-state index < -0.39 is 0 Å². The number of nitrogens with one attached hydrogen (secondary N) is 1. The third-order valence-electron chi connectivity index (χ3n) is 3.05. The molecule has 0 aliphatic rings. The molecule has 2 aromatic rings. The normalized spacial score (nSPS) is 10.5. The molecule has 0 spiro atoms. The minimum Gasteiger partial charge on any atom is -0.323 e. The van der Waals surface area contributed by atoms with Crippen LogP contribution in [0.5, 0.6) is 0 Å². The van der Waals surface area contributed by atoms with Gasteiger partial charge in [0, 0.05) is 11.5 Å². The second-order valence-corrected chi connectivity index (χ2v) is 5.44. The number of aromatic nitrogens is 2. The number of hydrogen-bond acceptors (Lipinski definition) is 2. The number of carbonyl (C=O) groups excluding carboxylic acids is 1. The van der Waals surface area contributed by atoms with Crippen LogP contribution in [0, 0.1) is 13.8 Å². The maximum absolute atomic E-state index is 12.0. The van der Waals surface area contributed by atoms with Crippen molar-refractivity contribution in [3.05, 3.63) is 45.7 Å². The van der Waals surface area contributed by atoms with Crippen molar-refractivity contribution in [1.82, 2.24) is 9.78 Å². The molecule has 0 unspecified atom stereocenters. The minimum absolute atomic E-state index is 0.0264. The van der Waals surface area contributed by atoms with Crippen LogP contribution < -0.4 is 5.32 Å². The Morgan fingerprint density at radius 1 is 1.32 bits per heavy atom. The lowest BCUT2D eigenvalue weighted by atomic mass is 10.1. The van der Waals surface area contributed by atoms with E-state index in [0.29, 0.717) is 6.42 Å². The fourth-order valence-electron chi connectivity index (χ4n) is 1.93. The molecule has 1 heterocycles. The number of anilines is 1. The van der Waals surface area contributed by atoms with Gasteiger partial charge in [0.05, 0.1) is 23.5 Å². The van der Waals surface area contributed by atoms with E-state index in [4.69, 9.17) is 0 Å². The summed E-state index contributed by atoms with van der Waals surface area (Å²) in [6.45, 7) is 3.83. The van der Waals surface area contributed by atoms with Crippen LogP contribution >= 0.6 is 15.9 Å². The summed E-state index contributed by atoms with van der Waals surface area (Å²) >= 11 is 3.38. The Kier molecular flexibility index (Phi) is 4.04. The Morgan fingerprint density at radius 2 is 1.95 bits per heavy atom. The average molecular weight is 322 g/mol. The summed E-state index contributed by atoms with van der Waals surface area (Å²) in [4.78, 5) is 12.0. The molecule has 0 saturated heterocycles. The third-order valence-corrected chi connectivity index (χ3v) is 3.58. The summed E-state index contributed by atoms with van der Waals surface area (Å²) in [5.74, 6) is -0.0264. The van der Waals surface area contributed by atoms with Gasteiger partial charge >= 0.3 is 0 Å². The van der Waals surface area contributed by atoms with Gasteiger partial charge in [-0.1, -0.05) is 28.1 Å². The quantitative estimate of drug-likeness (QED) is 0.944. The molecule has 2 rings (SSSR count). The zero-order valence-electron chi connectivity index (χ0n) is 11.2. The van der Waals surface area contributed by atoms with E-state index in [2.05, 4.69) is 26.3 Å². The number of aryl methyl sites for hydroxylation is 2. The third kappa shape index (κ3) is 3.23. The fourth-order valence-corrected chi connectivity index (χ4v) is 2.19. The SMILES string of the molecule is Cc1nn(C)c(C)c1NC(=O)Cc1ccc(Br)cc1. The number of nitrogens with zero attached hydrogens (tertiary/aromatic N) is 2. The van der Waals surface area contributed by atoms with Gasteiger partial charge in [0.25, 0.3) is 0 Å². The van der Waals surface area contributed by atoms with Crippen molar-refractivity contribution < 1.29 is 4.79 Å². The summed E-state index contributed by atoms with van der Waals surface area (Å²) in [6, 6.07) is 7.74. The molecule has 0 atom stereocenters. The zero-order chi connectivity index (χ0) is 14.0. The molecule has 5 heteroatoms. The van der Waals surface area contributed by atoms with E-state index in [1.165, 1.54) is 0 Å². The number of rotatable bonds is 3. The predicted octanol–water partition coefficient (Wildman–Crippen LogP) is 2.98. The van der Waals surface area contributed by atoms with Gasteiger partial charge in [-0.15, -0.1) is 0 Å². The number of amides is 1. The first-order valence-corrected chi connectivity index (χ1v) is 6.81. The van der Waals surface area contributed by atoms with E-state index in [1.54, 1.807) is 4.68 Å². The first-order valence-electron chi connectivity index (χ1n) is 6.02.